The number of ether oxygens (including phenoxy) is 1. The molecule has 0 atom stereocenters. The van der Waals surface area contributed by atoms with Crippen LogP contribution in [0.2, 0.25) is 0 Å². The molecule has 0 radical (unpaired) electrons. The van der Waals surface area contributed by atoms with E-state index in [1.807, 2.05) is 37.3 Å². The van der Waals surface area contributed by atoms with Gasteiger partial charge in [-0.25, -0.2) is 9.78 Å². The maximum absolute atomic E-state index is 12.1. The van der Waals surface area contributed by atoms with Crippen LogP contribution in [0.15, 0.2) is 30.3 Å². The Morgan fingerprint density at radius 3 is 2.60 bits per heavy atom. The Balaban J connectivity index is 1.70. The number of nitrogens with two attached hydrogens (primary N) is 1. The molecule has 0 saturated carbocycles. The smallest absolute Gasteiger partial charge is 0.350 e. The Labute approximate surface area is 148 Å². The number of carbonyl (C=O) groups excluding carboxylic acids is 1. The van der Waals surface area contributed by atoms with Crippen molar-refractivity contribution < 1.29 is 9.53 Å². The summed E-state index contributed by atoms with van der Waals surface area (Å²) < 4.78 is 5.26. The highest BCUT2D eigenvalue weighted by Crippen LogP contribution is 2.19. The van der Waals surface area contributed by atoms with Gasteiger partial charge in [-0.05, 0) is 26.0 Å². The topological polar surface area (TPSA) is 116 Å². The number of thiazole rings is 1. The number of esters is 1. The molecule has 0 bridgehead atoms. The number of nitrogens with one attached hydrogen (secondary N) is 1. The quantitative estimate of drug-likeness (QED) is 0.670. The first-order valence-corrected chi connectivity index (χ1v) is 8.26. The molecule has 0 fully saturated rings. The lowest BCUT2D eigenvalue weighted by Gasteiger charge is -2.07. The number of hydrogen-bond donors (Lipinski definition) is 2. The zero-order valence-electron chi connectivity index (χ0n) is 13.7. The number of hydrogen-bond acceptors (Lipinski definition) is 9. The lowest BCUT2D eigenvalue weighted by molar-refractivity contribution is 0.0467. The van der Waals surface area contributed by atoms with E-state index in [-0.39, 0.29) is 24.3 Å². The summed E-state index contributed by atoms with van der Waals surface area (Å²) in [4.78, 5) is 29.1. The van der Waals surface area contributed by atoms with E-state index in [9.17, 15) is 4.79 Å². The Kier molecular flexibility index (Phi) is 4.85. The Morgan fingerprint density at radius 2 is 1.92 bits per heavy atom. The summed E-state index contributed by atoms with van der Waals surface area (Å²) in [5.41, 5.74) is 7.17. The van der Waals surface area contributed by atoms with Gasteiger partial charge in [0, 0.05) is 5.69 Å². The van der Waals surface area contributed by atoms with E-state index in [4.69, 9.17) is 10.5 Å². The molecule has 8 nitrogen and oxygen atoms in total. The normalized spacial score (nSPS) is 10.5. The van der Waals surface area contributed by atoms with Crippen LogP contribution in [-0.2, 0) is 11.3 Å². The van der Waals surface area contributed by atoms with E-state index in [0.717, 1.165) is 10.7 Å². The molecule has 0 saturated heterocycles. The van der Waals surface area contributed by atoms with Crippen molar-refractivity contribution in [3.63, 3.8) is 0 Å². The van der Waals surface area contributed by atoms with Crippen LogP contribution in [0.5, 0.6) is 0 Å². The maximum atomic E-state index is 12.1. The predicted octanol–water partition coefficient (Wildman–Crippen LogP) is 2.63. The van der Waals surface area contributed by atoms with Crippen molar-refractivity contribution in [1.29, 1.82) is 0 Å². The largest absolute Gasteiger partial charge is 0.453 e. The zero-order valence-corrected chi connectivity index (χ0v) is 14.5. The van der Waals surface area contributed by atoms with E-state index in [0.29, 0.717) is 10.6 Å². The van der Waals surface area contributed by atoms with Crippen LogP contribution in [-0.4, -0.2) is 25.9 Å². The van der Waals surface area contributed by atoms with E-state index in [1.165, 1.54) is 11.3 Å². The van der Waals surface area contributed by atoms with Crippen molar-refractivity contribution in [3.05, 3.63) is 51.7 Å². The molecule has 2 heterocycles. The SMILES string of the molecule is Cc1nc(C)c(C(=O)OCc2nc(N)nc(Nc3ccccc3)n2)s1. The van der Waals surface area contributed by atoms with Crippen LogP contribution in [0, 0.1) is 13.8 Å². The summed E-state index contributed by atoms with van der Waals surface area (Å²) in [5, 5.41) is 3.83. The fourth-order valence-corrected chi connectivity index (χ4v) is 2.94. The molecule has 9 heteroatoms. The minimum absolute atomic E-state index is 0.0456. The molecule has 1 aromatic carbocycles. The van der Waals surface area contributed by atoms with Crippen molar-refractivity contribution in [3.8, 4) is 0 Å². The fourth-order valence-electron chi connectivity index (χ4n) is 2.13. The van der Waals surface area contributed by atoms with Gasteiger partial charge in [0.1, 0.15) is 4.88 Å². The van der Waals surface area contributed by atoms with Gasteiger partial charge in [-0.3, -0.25) is 0 Å². The number of carbonyl (C=O) groups is 1. The average Bonchev–Trinajstić information content (AvgIpc) is 2.91. The third-order valence-corrected chi connectivity index (χ3v) is 4.20. The Bertz CT molecular complexity index is 897. The van der Waals surface area contributed by atoms with E-state index in [2.05, 4.69) is 25.3 Å². The molecule has 0 aliphatic carbocycles. The zero-order chi connectivity index (χ0) is 17.8. The second kappa shape index (κ2) is 7.22. The highest BCUT2D eigenvalue weighted by atomic mass is 32.1. The fraction of sp³-hybridized carbons (Fsp3) is 0.188. The van der Waals surface area contributed by atoms with Gasteiger partial charge in [0.15, 0.2) is 12.4 Å². The molecule has 3 N–H and O–H groups in total. The average molecular weight is 356 g/mol. The van der Waals surface area contributed by atoms with E-state index in [1.54, 1.807) is 6.92 Å². The van der Waals surface area contributed by atoms with Gasteiger partial charge >= 0.3 is 5.97 Å². The number of aryl methyl sites for hydroxylation is 2. The maximum Gasteiger partial charge on any atom is 0.350 e. The third-order valence-electron chi connectivity index (χ3n) is 3.15. The van der Waals surface area contributed by atoms with Gasteiger partial charge < -0.3 is 15.8 Å². The number of anilines is 3. The molecule has 3 rings (SSSR count). The molecule has 2 aromatic heterocycles. The van der Waals surface area contributed by atoms with Crippen LogP contribution >= 0.6 is 11.3 Å². The van der Waals surface area contributed by atoms with Gasteiger partial charge in [-0.1, -0.05) is 18.2 Å². The summed E-state index contributed by atoms with van der Waals surface area (Å²) in [6.07, 6.45) is 0. The summed E-state index contributed by atoms with van der Waals surface area (Å²) in [6, 6.07) is 9.41. The first-order chi connectivity index (χ1) is 12.0. The molecule has 25 heavy (non-hydrogen) atoms. The summed E-state index contributed by atoms with van der Waals surface area (Å²) in [7, 11) is 0. The highest BCUT2D eigenvalue weighted by molar-refractivity contribution is 7.13. The number of para-hydroxylation sites is 1. The molecule has 0 amide bonds. The third kappa shape index (κ3) is 4.27. The first-order valence-electron chi connectivity index (χ1n) is 7.45. The second-order valence-corrected chi connectivity index (χ2v) is 6.35. The van der Waals surface area contributed by atoms with E-state index >= 15 is 0 Å². The Morgan fingerprint density at radius 1 is 1.16 bits per heavy atom. The van der Waals surface area contributed by atoms with Crippen LogP contribution in [0.4, 0.5) is 17.6 Å². The summed E-state index contributed by atoms with van der Waals surface area (Å²) in [6.45, 7) is 3.50. The van der Waals surface area contributed by atoms with Crippen molar-refractivity contribution in [2.24, 2.45) is 0 Å². The van der Waals surface area contributed by atoms with E-state index < -0.39 is 5.97 Å². The number of benzene rings is 1. The number of aromatic nitrogens is 4. The predicted molar refractivity (Wildman–Crippen MR) is 94.7 cm³/mol. The van der Waals surface area contributed by atoms with Crippen molar-refractivity contribution in [1.82, 2.24) is 19.9 Å². The molecule has 0 spiro atoms. The first kappa shape index (κ1) is 16.8. The second-order valence-electron chi connectivity index (χ2n) is 5.15. The van der Waals surface area contributed by atoms with Crippen LogP contribution in [0.3, 0.4) is 0 Å². The molecule has 3 aromatic rings. The molecule has 0 unspecified atom stereocenters. The van der Waals surface area contributed by atoms with Crippen LogP contribution in [0.25, 0.3) is 0 Å². The molecular formula is C16H16N6O2S. The number of rotatable bonds is 5. The monoisotopic (exact) mass is 356 g/mol. The Hall–Kier alpha value is -3.07. The van der Waals surface area contributed by atoms with Gasteiger partial charge in [-0.2, -0.15) is 15.0 Å². The summed E-state index contributed by atoms with van der Waals surface area (Å²) >= 11 is 1.29. The van der Waals surface area contributed by atoms with Gasteiger partial charge in [-0.15, -0.1) is 11.3 Å². The standard InChI is InChI=1S/C16H16N6O2S/c1-9-13(25-10(2)18-9)14(23)24-8-12-20-15(17)22-16(21-12)19-11-6-4-3-5-7-11/h3-7H,8H2,1-2H3,(H3,17,19,20,21,22). The molecule has 0 aliphatic rings. The molecular weight excluding hydrogens is 340 g/mol. The van der Waals surface area contributed by atoms with Crippen molar-refractivity contribution in [2.45, 2.75) is 20.5 Å². The number of nitrogen functional groups attached to an aromatic ring is 1. The minimum Gasteiger partial charge on any atom is -0.453 e. The van der Waals surface area contributed by atoms with Crippen LogP contribution in [0.1, 0.15) is 26.2 Å². The lowest BCUT2D eigenvalue weighted by Crippen LogP contribution is -2.11. The number of nitrogens with zero attached hydrogens (tertiary/aromatic N) is 4. The molecule has 128 valence electrons. The van der Waals surface area contributed by atoms with Gasteiger partial charge in [0.2, 0.25) is 11.9 Å². The van der Waals surface area contributed by atoms with Crippen molar-refractivity contribution in [2.75, 3.05) is 11.1 Å². The minimum atomic E-state index is -0.459. The van der Waals surface area contributed by atoms with Gasteiger partial charge in [0.25, 0.3) is 0 Å². The molecule has 0 aliphatic heterocycles. The highest BCUT2D eigenvalue weighted by Gasteiger charge is 2.16. The van der Waals surface area contributed by atoms with Gasteiger partial charge in [0.05, 0.1) is 10.7 Å². The van der Waals surface area contributed by atoms with Crippen LogP contribution < -0.4 is 11.1 Å². The summed E-state index contributed by atoms with van der Waals surface area (Å²) in [5.74, 6) is 0.136. The lowest BCUT2D eigenvalue weighted by atomic mass is 10.3. The van der Waals surface area contributed by atoms with Crippen molar-refractivity contribution >= 4 is 34.9 Å².